The molecule has 0 radical (unpaired) electrons. The molecule has 31 heavy (non-hydrogen) atoms. The minimum absolute atomic E-state index is 0. The molecule has 0 fully saturated rings. The Balaban J connectivity index is 0.00000480. The number of methoxy groups -OCH3 is 2. The highest BCUT2D eigenvalue weighted by Crippen LogP contribution is 2.19. The zero-order chi connectivity index (χ0) is 21.8. The van der Waals surface area contributed by atoms with E-state index >= 15 is 0 Å². The van der Waals surface area contributed by atoms with Crippen LogP contribution in [0.3, 0.4) is 0 Å². The number of hydrogen-bond donors (Lipinski definition) is 3. The largest absolute Gasteiger partial charge is 0.497 e. The van der Waals surface area contributed by atoms with Crippen LogP contribution in [0.15, 0.2) is 47.5 Å². The zero-order valence-electron chi connectivity index (χ0n) is 18.7. The van der Waals surface area contributed by atoms with Crippen molar-refractivity contribution >= 4 is 35.8 Å². The number of guanidine groups is 1. The monoisotopic (exact) mass is 540 g/mol. The van der Waals surface area contributed by atoms with E-state index in [2.05, 4.69) is 39.1 Å². The third-order valence-electron chi connectivity index (χ3n) is 4.52. The van der Waals surface area contributed by atoms with E-state index in [1.54, 1.807) is 32.4 Å². The van der Waals surface area contributed by atoms with Crippen LogP contribution < -0.4 is 25.4 Å². The highest BCUT2D eigenvalue weighted by atomic mass is 127. The Morgan fingerprint density at radius 3 is 2.48 bits per heavy atom. The molecule has 2 aromatic rings. The van der Waals surface area contributed by atoms with Crippen LogP contribution in [0.4, 0.5) is 0 Å². The third-order valence-corrected chi connectivity index (χ3v) is 4.52. The van der Waals surface area contributed by atoms with E-state index in [4.69, 9.17) is 9.47 Å². The topological polar surface area (TPSA) is 84.0 Å². The summed E-state index contributed by atoms with van der Waals surface area (Å²) in [7, 11) is 3.27. The Labute approximate surface area is 202 Å². The first kappa shape index (κ1) is 26.5. The van der Waals surface area contributed by atoms with Gasteiger partial charge in [0.1, 0.15) is 11.5 Å². The Morgan fingerprint density at radius 1 is 1.00 bits per heavy atom. The van der Waals surface area contributed by atoms with Crippen LogP contribution in [0, 0.1) is 6.92 Å². The van der Waals surface area contributed by atoms with Crippen LogP contribution in [0.25, 0.3) is 0 Å². The third kappa shape index (κ3) is 9.04. The molecule has 0 unspecified atom stereocenters. The van der Waals surface area contributed by atoms with Crippen molar-refractivity contribution in [1.29, 1.82) is 0 Å². The first-order valence-electron chi connectivity index (χ1n) is 10.1. The normalized spacial score (nSPS) is 10.6. The molecule has 0 aromatic heterocycles. The van der Waals surface area contributed by atoms with Crippen LogP contribution >= 0.6 is 24.0 Å². The molecule has 7 nitrogen and oxygen atoms in total. The predicted octanol–water partition coefficient (Wildman–Crippen LogP) is 3.16. The number of nitrogens with one attached hydrogen (secondary N) is 3. The molecule has 0 bridgehead atoms. The molecule has 0 aliphatic heterocycles. The predicted molar refractivity (Wildman–Crippen MR) is 136 cm³/mol. The summed E-state index contributed by atoms with van der Waals surface area (Å²) in [6.45, 7) is 6.52. The second-order valence-corrected chi connectivity index (χ2v) is 6.73. The first-order valence-corrected chi connectivity index (χ1v) is 10.1. The van der Waals surface area contributed by atoms with Gasteiger partial charge in [-0.2, -0.15) is 0 Å². The van der Waals surface area contributed by atoms with E-state index in [1.807, 2.05) is 19.9 Å². The summed E-state index contributed by atoms with van der Waals surface area (Å²) in [5.74, 6) is 2.15. The Morgan fingerprint density at radius 2 is 1.77 bits per heavy atom. The molecule has 1 amide bonds. The van der Waals surface area contributed by atoms with Gasteiger partial charge >= 0.3 is 0 Å². The van der Waals surface area contributed by atoms with Crippen LogP contribution in [-0.2, 0) is 6.42 Å². The molecule has 0 atom stereocenters. The second-order valence-electron chi connectivity index (χ2n) is 6.73. The molecule has 170 valence electrons. The van der Waals surface area contributed by atoms with Crippen molar-refractivity contribution in [3.05, 3.63) is 59.2 Å². The minimum Gasteiger partial charge on any atom is -0.497 e. The summed E-state index contributed by atoms with van der Waals surface area (Å²) in [4.78, 5) is 16.8. The van der Waals surface area contributed by atoms with E-state index in [0.29, 0.717) is 30.9 Å². The van der Waals surface area contributed by atoms with E-state index in [9.17, 15) is 4.79 Å². The molecule has 0 aliphatic rings. The lowest BCUT2D eigenvalue weighted by molar-refractivity contribution is 0.0954. The zero-order valence-corrected chi connectivity index (χ0v) is 21.0. The molecular formula is C23H33IN4O3. The Bertz CT molecular complexity index is 858. The van der Waals surface area contributed by atoms with Gasteiger partial charge < -0.3 is 25.4 Å². The Kier molecular flexibility index (Phi) is 12.4. The molecular weight excluding hydrogens is 507 g/mol. The van der Waals surface area contributed by atoms with Gasteiger partial charge in [0.25, 0.3) is 5.91 Å². The van der Waals surface area contributed by atoms with Gasteiger partial charge in [-0.05, 0) is 55.7 Å². The van der Waals surface area contributed by atoms with Crippen LogP contribution in [0.1, 0.15) is 28.4 Å². The SMILES string of the molecule is CCNC(=NCCc1ccc(C)c(OC)c1)NCCNC(=O)c1cccc(OC)c1.I. The lowest BCUT2D eigenvalue weighted by Crippen LogP contribution is -2.41. The average Bonchev–Trinajstić information content (AvgIpc) is 2.77. The standard InChI is InChI=1S/C23H32N4O3.HI/c1-5-24-23(26-12-11-18-10-9-17(2)21(15-18)30-4)27-14-13-25-22(28)19-7-6-8-20(16-19)29-3;/h6-10,15-16H,5,11-14H2,1-4H3,(H,25,28)(H2,24,26,27);1H. The number of aryl methyl sites for hydroxylation is 1. The first-order chi connectivity index (χ1) is 14.6. The number of amides is 1. The molecule has 0 saturated carbocycles. The number of carbonyl (C=O) groups is 1. The number of benzene rings is 2. The smallest absolute Gasteiger partial charge is 0.251 e. The summed E-state index contributed by atoms with van der Waals surface area (Å²) >= 11 is 0. The lowest BCUT2D eigenvalue weighted by atomic mass is 10.1. The van der Waals surface area contributed by atoms with E-state index in [0.717, 1.165) is 30.2 Å². The maximum absolute atomic E-state index is 12.2. The number of ether oxygens (including phenoxy) is 2. The highest BCUT2D eigenvalue weighted by Gasteiger charge is 2.06. The fourth-order valence-electron chi connectivity index (χ4n) is 2.88. The molecule has 2 aromatic carbocycles. The number of hydrogen-bond acceptors (Lipinski definition) is 4. The molecule has 0 aliphatic carbocycles. The van der Waals surface area contributed by atoms with Gasteiger partial charge in [0.05, 0.1) is 14.2 Å². The molecule has 3 N–H and O–H groups in total. The van der Waals surface area contributed by atoms with Gasteiger partial charge in [-0.3, -0.25) is 9.79 Å². The van der Waals surface area contributed by atoms with Gasteiger partial charge in [0.2, 0.25) is 0 Å². The molecule has 0 spiro atoms. The Hall–Kier alpha value is -2.49. The van der Waals surface area contributed by atoms with Crippen molar-refractivity contribution in [2.75, 3.05) is 40.4 Å². The summed E-state index contributed by atoms with van der Waals surface area (Å²) in [6, 6.07) is 13.3. The summed E-state index contributed by atoms with van der Waals surface area (Å²) in [6.07, 6.45) is 0.819. The maximum Gasteiger partial charge on any atom is 0.251 e. The van der Waals surface area contributed by atoms with Crippen molar-refractivity contribution < 1.29 is 14.3 Å². The van der Waals surface area contributed by atoms with E-state index in [1.165, 1.54) is 5.56 Å². The number of rotatable bonds is 10. The molecule has 8 heteroatoms. The van der Waals surface area contributed by atoms with Gasteiger partial charge in [0, 0.05) is 31.7 Å². The highest BCUT2D eigenvalue weighted by molar-refractivity contribution is 14.0. The molecule has 0 saturated heterocycles. The number of carbonyl (C=O) groups excluding carboxylic acids is 1. The van der Waals surface area contributed by atoms with Crippen LogP contribution in [0.5, 0.6) is 11.5 Å². The van der Waals surface area contributed by atoms with Gasteiger partial charge in [-0.25, -0.2) is 0 Å². The van der Waals surface area contributed by atoms with E-state index in [-0.39, 0.29) is 29.9 Å². The van der Waals surface area contributed by atoms with Gasteiger partial charge in [0.15, 0.2) is 5.96 Å². The molecule has 2 rings (SSSR count). The fraction of sp³-hybridized carbons (Fsp3) is 0.391. The summed E-state index contributed by atoms with van der Waals surface area (Å²) in [5.41, 5.74) is 2.88. The second kappa shape index (κ2) is 14.5. The quantitative estimate of drug-likeness (QED) is 0.187. The van der Waals surface area contributed by atoms with Crippen molar-refractivity contribution in [1.82, 2.24) is 16.0 Å². The average molecular weight is 540 g/mol. The number of aliphatic imine (C=N–C) groups is 1. The fourth-order valence-corrected chi connectivity index (χ4v) is 2.88. The molecule has 0 heterocycles. The van der Waals surface area contributed by atoms with Crippen molar-refractivity contribution in [3.8, 4) is 11.5 Å². The summed E-state index contributed by atoms with van der Waals surface area (Å²) in [5, 5.41) is 9.36. The lowest BCUT2D eigenvalue weighted by Gasteiger charge is -2.12. The minimum atomic E-state index is -0.133. The number of nitrogens with zero attached hydrogens (tertiary/aromatic N) is 1. The van der Waals surface area contributed by atoms with Gasteiger partial charge in [-0.15, -0.1) is 24.0 Å². The van der Waals surface area contributed by atoms with E-state index < -0.39 is 0 Å². The maximum atomic E-state index is 12.2. The summed E-state index contributed by atoms with van der Waals surface area (Å²) < 4.78 is 10.5. The van der Waals surface area contributed by atoms with Gasteiger partial charge in [-0.1, -0.05) is 18.2 Å². The van der Waals surface area contributed by atoms with Crippen LogP contribution in [0.2, 0.25) is 0 Å². The van der Waals surface area contributed by atoms with Crippen LogP contribution in [-0.4, -0.2) is 52.3 Å². The number of halogens is 1. The van der Waals surface area contributed by atoms with Crippen molar-refractivity contribution in [2.24, 2.45) is 4.99 Å². The van der Waals surface area contributed by atoms with Crippen molar-refractivity contribution in [2.45, 2.75) is 20.3 Å². The van der Waals surface area contributed by atoms with Crippen molar-refractivity contribution in [3.63, 3.8) is 0 Å².